The van der Waals surface area contributed by atoms with Gasteiger partial charge in [-0.25, -0.2) is 0 Å². The van der Waals surface area contributed by atoms with Gasteiger partial charge in [0, 0.05) is 6.04 Å². The van der Waals surface area contributed by atoms with Gasteiger partial charge in [-0.1, -0.05) is 39.7 Å². The van der Waals surface area contributed by atoms with Crippen LogP contribution in [-0.2, 0) is 0 Å². The van der Waals surface area contributed by atoms with E-state index in [9.17, 15) is 0 Å². The van der Waals surface area contributed by atoms with Crippen LogP contribution in [0.2, 0.25) is 0 Å². The molecule has 21 heavy (non-hydrogen) atoms. The molecule has 1 aromatic rings. The summed E-state index contributed by atoms with van der Waals surface area (Å²) in [6, 6.07) is 7.09. The van der Waals surface area contributed by atoms with E-state index < -0.39 is 0 Å². The fraction of sp³-hybridized carbons (Fsp3) is 0.684. The Hall–Kier alpha value is -1.02. The molecule has 2 rings (SSSR count). The van der Waals surface area contributed by atoms with Crippen molar-refractivity contribution in [2.45, 2.75) is 77.9 Å². The molecule has 1 aliphatic rings. The molecule has 0 aromatic heterocycles. The Morgan fingerprint density at radius 3 is 2.62 bits per heavy atom. The van der Waals surface area contributed by atoms with Gasteiger partial charge in [0.2, 0.25) is 0 Å². The number of likely N-dealkylation sites (N-methyl/N-ethyl adjacent to an activating group) is 1. The molecule has 1 fully saturated rings. The predicted molar refractivity (Wildman–Crippen MR) is 90.2 cm³/mol. The molecular formula is C19H31NO. The normalized spacial score (nSPS) is 23.1. The Balaban J connectivity index is 2.09. The molecule has 2 heteroatoms. The number of ether oxygens (including phenoxy) is 1. The van der Waals surface area contributed by atoms with Gasteiger partial charge < -0.3 is 10.1 Å². The first-order valence-electron chi connectivity index (χ1n) is 8.62. The number of nitrogens with one attached hydrogen (secondary N) is 1. The highest BCUT2D eigenvalue weighted by Crippen LogP contribution is 2.27. The second-order valence-corrected chi connectivity index (χ2v) is 6.63. The van der Waals surface area contributed by atoms with Gasteiger partial charge in [0.15, 0.2) is 0 Å². The summed E-state index contributed by atoms with van der Waals surface area (Å²) in [7, 11) is 0. The number of benzene rings is 1. The average Bonchev–Trinajstić information content (AvgIpc) is 2.65. The van der Waals surface area contributed by atoms with Crippen LogP contribution in [0.3, 0.4) is 0 Å². The van der Waals surface area contributed by atoms with E-state index in [1.54, 1.807) is 0 Å². The lowest BCUT2D eigenvalue weighted by Gasteiger charge is -2.27. The van der Waals surface area contributed by atoms with Gasteiger partial charge >= 0.3 is 0 Å². The number of hydrogen-bond donors (Lipinski definition) is 1. The molecule has 0 spiro atoms. The molecule has 1 aromatic carbocycles. The highest BCUT2D eigenvalue weighted by molar-refractivity contribution is 5.36. The average molecular weight is 289 g/mol. The fourth-order valence-corrected chi connectivity index (χ4v) is 3.45. The van der Waals surface area contributed by atoms with Crippen LogP contribution in [0.4, 0.5) is 0 Å². The van der Waals surface area contributed by atoms with E-state index in [1.165, 1.54) is 43.2 Å². The first-order chi connectivity index (χ1) is 10.1. The predicted octanol–water partition coefficient (Wildman–Crippen LogP) is 4.81. The molecule has 1 N–H and O–H groups in total. The monoisotopic (exact) mass is 289 g/mol. The highest BCUT2D eigenvalue weighted by Gasteiger charge is 2.24. The van der Waals surface area contributed by atoms with Crippen LogP contribution in [0, 0.1) is 6.92 Å². The number of hydrogen-bond acceptors (Lipinski definition) is 2. The van der Waals surface area contributed by atoms with Crippen LogP contribution < -0.4 is 10.1 Å². The second-order valence-electron chi connectivity index (χ2n) is 6.63. The van der Waals surface area contributed by atoms with E-state index >= 15 is 0 Å². The van der Waals surface area contributed by atoms with Crippen molar-refractivity contribution in [3.63, 3.8) is 0 Å². The summed E-state index contributed by atoms with van der Waals surface area (Å²) in [5, 5.41) is 3.61. The van der Waals surface area contributed by atoms with E-state index in [0.717, 1.165) is 12.3 Å². The first kappa shape index (κ1) is 16.4. The maximum Gasteiger partial charge on any atom is 0.120 e. The Bertz CT molecular complexity index is 441. The Morgan fingerprint density at radius 2 is 1.95 bits per heavy atom. The number of rotatable bonds is 5. The molecule has 0 bridgehead atoms. The number of aryl methyl sites for hydroxylation is 1. The van der Waals surface area contributed by atoms with Crippen molar-refractivity contribution in [1.82, 2.24) is 5.32 Å². The summed E-state index contributed by atoms with van der Waals surface area (Å²) in [6.07, 6.45) is 6.67. The highest BCUT2D eigenvalue weighted by atomic mass is 16.5. The third-order valence-corrected chi connectivity index (χ3v) is 4.57. The standard InChI is InChI=1S/C19H31NO/c1-5-20-18-9-7-6-8-10-19(18)21-16-11-12-17(14(2)3)15(4)13-16/h11-14,18-20H,5-10H2,1-4H3. The molecule has 0 amide bonds. The Morgan fingerprint density at radius 1 is 1.19 bits per heavy atom. The summed E-state index contributed by atoms with van der Waals surface area (Å²) >= 11 is 0. The summed E-state index contributed by atoms with van der Waals surface area (Å²) in [5.74, 6) is 1.61. The van der Waals surface area contributed by atoms with Crippen LogP contribution >= 0.6 is 0 Å². The third kappa shape index (κ3) is 4.47. The molecule has 118 valence electrons. The zero-order chi connectivity index (χ0) is 15.2. The SMILES string of the molecule is CCNC1CCCCCC1Oc1ccc(C(C)C)c(C)c1. The van der Waals surface area contributed by atoms with E-state index in [1.807, 2.05) is 0 Å². The quantitative estimate of drug-likeness (QED) is 0.786. The van der Waals surface area contributed by atoms with Crippen molar-refractivity contribution in [3.05, 3.63) is 29.3 Å². The van der Waals surface area contributed by atoms with Crippen molar-refractivity contribution in [2.24, 2.45) is 0 Å². The van der Waals surface area contributed by atoms with Crippen molar-refractivity contribution in [1.29, 1.82) is 0 Å². The van der Waals surface area contributed by atoms with Crippen LogP contribution in [-0.4, -0.2) is 18.7 Å². The molecule has 2 nitrogen and oxygen atoms in total. The lowest BCUT2D eigenvalue weighted by atomic mass is 9.98. The van der Waals surface area contributed by atoms with Crippen molar-refractivity contribution < 1.29 is 4.74 Å². The van der Waals surface area contributed by atoms with Gasteiger partial charge in [0.1, 0.15) is 11.9 Å². The molecule has 0 heterocycles. The minimum Gasteiger partial charge on any atom is -0.489 e. The molecule has 2 unspecified atom stereocenters. The van der Waals surface area contributed by atoms with Gasteiger partial charge in [-0.2, -0.15) is 0 Å². The maximum absolute atomic E-state index is 6.35. The van der Waals surface area contributed by atoms with Gasteiger partial charge in [0.25, 0.3) is 0 Å². The minimum atomic E-state index is 0.316. The molecule has 0 radical (unpaired) electrons. The summed E-state index contributed by atoms with van der Waals surface area (Å²) in [6.45, 7) is 9.89. The summed E-state index contributed by atoms with van der Waals surface area (Å²) in [4.78, 5) is 0. The molecule has 1 aliphatic carbocycles. The van der Waals surface area contributed by atoms with E-state index in [-0.39, 0.29) is 0 Å². The largest absolute Gasteiger partial charge is 0.489 e. The van der Waals surface area contributed by atoms with Gasteiger partial charge in [0.05, 0.1) is 0 Å². The zero-order valence-corrected chi connectivity index (χ0v) is 14.1. The van der Waals surface area contributed by atoms with Crippen molar-refractivity contribution >= 4 is 0 Å². The lowest BCUT2D eigenvalue weighted by Crippen LogP contribution is -2.42. The first-order valence-corrected chi connectivity index (χ1v) is 8.62. The fourth-order valence-electron chi connectivity index (χ4n) is 3.45. The van der Waals surface area contributed by atoms with Crippen LogP contribution in [0.1, 0.15) is 69.9 Å². The summed E-state index contributed by atoms with van der Waals surface area (Å²) < 4.78 is 6.35. The second kappa shape index (κ2) is 7.84. The molecule has 2 atom stereocenters. The van der Waals surface area contributed by atoms with Crippen LogP contribution in [0.5, 0.6) is 5.75 Å². The van der Waals surface area contributed by atoms with Gasteiger partial charge in [-0.15, -0.1) is 0 Å². The molecular weight excluding hydrogens is 258 g/mol. The maximum atomic E-state index is 6.35. The molecule has 0 aliphatic heterocycles. The van der Waals surface area contributed by atoms with E-state index in [2.05, 4.69) is 51.2 Å². The molecule has 0 saturated heterocycles. The lowest BCUT2D eigenvalue weighted by molar-refractivity contribution is 0.145. The Labute approximate surface area is 130 Å². The third-order valence-electron chi connectivity index (χ3n) is 4.57. The van der Waals surface area contributed by atoms with E-state index in [0.29, 0.717) is 18.1 Å². The van der Waals surface area contributed by atoms with Crippen molar-refractivity contribution in [3.8, 4) is 5.75 Å². The topological polar surface area (TPSA) is 21.3 Å². The molecule has 1 saturated carbocycles. The summed E-state index contributed by atoms with van der Waals surface area (Å²) in [5.41, 5.74) is 2.77. The Kier molecular flexibility index (Phi) is 6.10. The van der Waals surface area contributed by atoms with Crippen LogP contribution in [0.15, 0.2) is 18.2 Å². The minimum absolute atomic E-state index is 0.316. The van der Waals surface area contributed by atoms with Gasteiger partial charge in [-0.05, 0) is 61.9 Å². The smallest absolute Gasteiger partial charge is 0.120 e. The zero-order valence-electron chi connectivity index (χ0n) is 14.1. The van der Waals surface area contributed by atoms with Crippen molar-refractivity contribution in [2.75, 3.05) is 6.54 Å². The van der Waals surface area contributed by atoms with E-state index in [4.69, 9.17) is 4.74 Å². The van der Waals surface area contributed by atoms with Gasteiger partial charge in [-0.3, -0.25) is 0 Å². The van der Waals surface area contributed by atoms with Crippen LogP contribution in [0.25, 0.3) is 0 Å².